The van der Waals surface area contributed by atoms with Gasteiger partial charge in [0.05, 0.1) is 15.9 Å². The molecule has 3 aromatic rings. The van der Waals surface area contributed by atoms with E-state index in [1.54, 1.807) is 0 Å². The van der Waals surface area contributed by atoms with Crippen LogP contribution in [0.3, 0.4) is 0 Å². The van der Waals surface area contributed by atoms with Crippen molar-refractivity contribution in [3.8, 4) is 0 Å². The Bertz CT molecular complexity index is 1340. The highest BCUT2D eigenvalue weighted by Crippen LogP contribution is 2.41. The van der Waals surface area contributed by atoms with Crippen molar-refractivity contribution in [3.05, 3.63) is 43.9 Å². The molecule has 0 fully saturated rings. The maximum absolute atomic E-state index is 13.3. The number of rotatable bonds is 3. The van der Waals surface area contributed by atoms with Crippen molar-refractivity contribution < 1.29 is 9.59 Å². The van der Waals surface area contributed by atoms with E-state index >= 15 is 0 Å². The fourth-order valence-electron chi connectivity index (χ4n) is 4.64. The number of nitrogens with two attached hydrogens (primary N) is 1. The minimum Gasteiger partial charge on any atom is -0.369 e. The van der Waals surface area contributed by atoms with E-state index in [4.69, 9.17) is 17.3 Å². The summed E-state index contributed by atoms with van der Waals surface area (Å²) in [4.78, 5) is 47.9. The minimum absolute atomic E-state index is 0.140. The molecule has 0 saturated carbocycles. The van der Waals surface area contributed by atoms with Gasteiger partial charge in [-0.3, -0.25) is 19.0 Å². The molecule has 0 bridgehead atoms. The maximum atomic E-state index is 13.3. The Hall–Kier alpha value is -2.78. The average molecular weight is 458 g/mol. The summed E-state index contributed by atoms with van der Waals surface area (Å²) in [6, 6.07) is 1.49. The van der Waals surface area contributed by atoms with Gasteiger partial charge in [-0.25, -0.2) is 9.97 Å². The predicted molar refractivity (Wildman–Crippen MR) is 119 cm³/mol. The van der Waals surface area contributed by atoms with Crippen LogP contribution in [-0.4, -0.2) is 26.2 Å². The number of nitrogens with zero attached hydrogens (tertiary/aromatic N) is 3. The van der Waals surface area contributed by atoms with Crippen LogP contribution in [0.4, 0.5) is 11.5 Å². The Morgan fingerprint density at radius 2 is 2.13 bits per heavy atom. The maximum Gasteiger partial charge on any atom is 0.275 e. The number of hydrogen-bond donors (Lipinski definition) is 2. The minimum atomic E-state index is -0.656. The third-order valence-electron chi connectivity index (χ3n) is 6.12. The number of Topliss-reactive ketones (excluding diaryl/α,β-unsaturated/α-hetero) is 1. The monoisotopic (exact) mass is 457 g/mol. The molecule has 31 heavy (non-hydrogen) atoms. The van der Waals surface area contributed by atoms with Crippen LogP contribution in [0.1, 0.15) is 47.6 Å². The predicted octanol–water partition coefficient (Wildman–Crippen LogP) is 3.16. The average Bonchev–Trinajstić information content (AvgIpc) is 3.19. The number of pyridine rings is 1. The zero-order chi connectivity index (χ0) is 22.1. The molecule has 5 rings (SSSR count). The standard InChI is InChI=1S/C21H20ClN5O3S/c1-21(2)7-13(28)16-11(22)6-12(20(30)27(16)21)26-18-15-10-4-3-9(17(23)29)5-14(10)31-19(15)25-8-24-18/h6,8-9H,3-5,7H2,1-2H3,(H2,23,29)(H,24,25,26)/t9-/m0/s1. The molecule has 0 radical (unpaired) electrons. The number of hydrogen-bond acceptors (Lipinski definition) is 7. The number of aromatic nitrogens is 3. The highest BCUT2D eigenvalue weighted by Gasteiger charge is 2.39. The quantitative estimate of drug-likeness (QED) is 0.623. The summed E-state index contributed by atoms with van der Waals surface area (Å²) < 4.78 is 1.47. The van der Waals surface area contributed by atoms with Crippen LogP contribution in [-0.2, 0) is 23.2 Å². The van der Waals surface area contributed by atoms with Crippen molar-refractivity contribution in [2.24, 2.45) is 11.7 Å². The number of nitrogens with one attached hydrogen (secondary N) is 1. The molecule has 0 saturated heterocycles. The molecule has 2 aliphatic rings. The van der Waals surface area contributed by atoms with Gasteiger partial charge in [-0.05, 0) is 44.7 Å². The lowest BCUT2D eigenvalue weighted by molar-refractivity contribution is -0.122. The second-order valence-corrected chi connectivity index (χ2v) is 10.2. The molecule has 1 aliphatic carbocycles. The highest BCUT2D eigenvalue weighted by atomic mass is 35.5. The fourth-order valence-corrected chi connectivity index (χ4v) is 6.21. The molecule has 1 amide bonds. The normalized spacial score (nSPS) is 19.3. The molecule has 3 N–H and O–H groups in total. The van der Waals surface area contributed by atoms with Crippen molar-refractivity contribution in [2.75, 3.05) is 5.32 Å². The Labute approximate surface area is 186 Å². The van der Waals surface area contributed by atoms with Crippen molar-refractivity contribution >= 4 is 56.4 Å². The third kappa shape index (κ3) is 3.06. The van der Waals surface area contributed by atoms with Gasteiger partial charge in [0.1, 0.15) is 28.4 Å². The van der Waals surface area contributed by atoms with Crippen molar-refractivity contribution in [3.63, 3.8) is 0 Å². The lowest BCUT2D eigenvalue weighted by Crippen LogP contribution is -2.34. The summed E-state index contributed by atoms with van der Waals surface area (Å²) in [5.41, 5.74) is 6.12. The van der Waals surface area contributed by atoms with Crippen LogP contribution in [0.25, 0.3) is 10.2 Å². The Morgan fingerprint density at radius 1 is 1.35 bits per heavy atom. The molecule has 3 aromatic heterocycles. The zero-order valence-electron chi connectivity index (χ0n) is 17.0. The summed E-state index contributed by atoms with van der Waals surface area (Å²) in [5.74, 6) is -0.0924. The number of fused-ring (bicyclic) bond motifs is 4. The van der Waals surface area contributed by atoms with Crippen LogP contribution < -0.4 is 16.6 Å². The summed E-state index contributed by atoms with van der Waals surface area (Å²) in [5, 5.41) is 4.23. The number of amides is 1. The van der Waals surface area contributed by atoms with E-state index in [0.717, 1.165) is 20.7 Å². The van der Waals surface area contributed by atoms with Crippen LogP contribution in [0.2, 0.25) is 5.02 Å². The number of thiophene rings is 1. The molecule has 8 nitrogen and oxygen atoms in total. The lowest BCUT2D eigenvalue weighted by Gasteiger charge is -2.22. The first kappa shape index (κ1) is 20.1. The van der Waals surface area contributed by atoms with Gasteiger partial charge in [0, 0.05) is 17.2 Å². The van der Waals surface area contributed by atoms with Crippen LogP contribution >= 0.6 is 22.9 Å². The molecule has 0 unspecified atom stereocenters. The molecule has 1 aliphatic heterocycles. The first-order chi connectivity index (χ1) is 14.7. The molecular weight excluding hydrogens is 438 g/mol. The largest absolute Gasteiger partial charge is 0.369 e. The van der Waals surface area contributed by atoms with E-state index in [2.05, 4.69) is 15.3 Å². The van der Waals surface area contributed by atoms with Crippen LogP contribution in [0.5, 0.6) is 0 Å². The van der Waals surface area contributed by atoms with E-state index in [1.165, 1.54) is 28.3 Å². The highest BCUT2D eigenvalue weighted by molar-refractivity contribution is 7.19. The number of anilines is 2. The third-order valence-corrected chi connectivity index (χ3v) is 7.57. The second kappa shape index (κ2) is 6.86. The summed E-state index contributed by atoms with van der Waals surface area (Å²) in [7, 11) is 0. The number of carbonyl (C=O) groups excluding carboxylic acids is 2. The SMILES string of the molecule is CC1(C)CC(=O)c2c(Cl)cc(Nc3ncnc4sc5c(c34)CC[C@H](C(N)=O)C5)c(=O)n21. The molecule has 10 heteroatoms. The van der Waals surface area contributed by atoms with Gasteiger partial charge in [-0.15, -0.1) is 11.3 Å². The van der Waals surface area contributed by atoms with E-state index < -0.39 is 5.54 Å². The number of primary amides is 1. The van der Waals surface area contributed by atoms with Gasteiger partial charge in [0.2, 0.25) is 5.91 Å². The van der Waals surface area contributed by atoms with E-state index in [1.807, 2.05) is 13.8 Å². The van der Waals surface area contributed by atoms with Crippen molar-refractivity contribution in [1.82, 2.24) is 14.5 Å². The number of aryl methyl sites for hydroxylation is 1. The van der Waals surface area contributed by atoms with Gasteiger partial charge in [-0.2, -0.15) is 0 Å². The van der Waals surface area contributed by atoms with Crippen molar-refractivity contribution in [2.45, 2.75) is 45.1 Å². The Balaban J connectivity index is 1.62. The van der Waals surface area contributed by atoms with E-state index in [-0.39, 0.29) is 46.0 Å². The smallest absolute Gasteiger partial charge is 0.275 e. The van der Waals surface area contributed by atoms with Crippen LogP contribution in [0.15, 0.2) is 17.2 Å². The number of halogens is 1. The van der Waals surface area contributed by atoms with Gasteiger partial charge < -0.3 is 11.1 Å². The van der Waals surface area contributed by atoms with Crippen molar-refractivity contribution in [1.29, 1.82) is 0 Å². The zero-order valence-corrected chi connectivity index (χ0v) is 18.6. The molecule has 0 aromatic carbocycles. The summed E-state index contributed by atoms with van der Waals surface area (Å²) >= 11 is 7.92. The van der Waals surface area contributed by atoms with Gasteiger partial charge in [0.15, 0.2) is 5.78 Å². The lowest BCUT2D eigenvalue weighted by atomic mass is 9.87. The van der Waals surface area contributed by atoms with E-state index in [0.29, 0.717) is 25.1 Å². The number of carbonyl (C=O) groups is 2. The molecular formula is C21H20ClN5O3S. The van der Waals surface area contributed by atoms with Crippen LogP contribution in [0, 0.1) is 5.92 Å². The summed E-state index contributed by atoms with van der Waals surface area (Å²) in [6.45, 7) is 3.69. The van der Waals surface area contributed by atoms with Gasteiger partial charge in [-0.1, -0.05) is 11.6 Å². The van der Waals surface area contributed by atoms with Gasteiger partial charge in [0.25, 0.3) is 5.56 Å². The molecule has 160 valence electrons. The molecule has 4 heterocycles. The topological polar surface area (TPSA) is 120 Å². The summed E-state index contributed by atoms with van der Waals surface area (Å²) in [6.07, 6.45) is 3.62. The molecule has 0 spiro atoms. The molecule has 1 atom stereocenters. The van der Waals surface area contributed by atoms with Gasteiger partial charge >= 0.3 is 0 Å². The second-order valence-electron chi connectivity index (χ2n) is 8.68. The fraction of sp³-hybridized carbons (Fsp3) is 0.381. The first-order valence-corrected chi connectivity index (χ1v) is 11.2. The number of ketones is 1. The van der Waals surface area contributed by atoms with E-state index in [9.17, 15) is 14.4 Å². The Morgan fingerprint density at radius 3 is 2.87 bits per heavy atom. The first-order valence-electron chi connectivity index (χ1n) is 9.98. The Kier molecular flexibility index (Phi) is 4.46.